The van der Waals surface area contributed by atoms with Crippen LogP contribution >= 0.6 is 0 Å². The van der Waals surface area contributed by atoms with Crippen LogP contribution in [0.5, 0.6) is 0 Å². The molecular formula is C11H14FN3O. The number of nitrogens with zero attached hydrogens (tertiary/aromatic N) is 2. The first kappa shape index (κ1) is 10.9. The minimum absolute atomic E-state index is 0.251. The van der Waals surface area contributed by atoms with Gasteiger partial charge in [0.1, 0.15) is 5.82 Å². The highest BCUT2D eigenvalue weighted by atomic mass is 19.1. The molecule has 0 bridgehead atoms. The highest BCUT2D eigenvalue weighted by Gasteiger charge is 2.14. The number of hydrogen-bond donors (Lipinski definition) is 1. The Morgan fingerprint density at radius 3 is 2.75 bits per heavy atom. The van der Waals surface area contributed by atoms with Gasteiger partial charge in [-0.15, -0.1) is 0 Å². The van der Waals surface area contributed by atoms with E-state index in [4.69, 9.17) is 10.6 Å². The highest BCUT2D eigenvalue weighted by Crippen LogP contribution is 2.20. The van der Waals surface area contributed by atoms with Gasteiger partial charge in [0.05, 0.1) is 25.1 Å². The van der Waals surface area contributed by atoms with Gasteiger partial charge in [-0.05, 0) is 17.7 Å². The Morgan fingerprint density at radius 2 is 2.12 bits per heavy atom. The van der Waals surface area contributed by atoms with E-state index in [1.54, 1.807) is 12.1 Å². The van der Waals surface area contributed by atoms with E-state index in [-0.39, 0.29) is 5.82 Å². The summed E-state index contributed by atoms with van der Waals surface area (Å²) < 4.78 is 19.0. The Hall–Kier alpha value is -1.62. The van der Waals surface area contributed by atoms with E-state index >= 15 is 0 Å². The summed E-state index contributed by atoms with van der Waals surface area (Å²) in [5.41, 5.74) is 1.27. The van der Waals surface area contributed by atoms with E-state index in [2.05, 4.69) is 5.10 Å². The van der Waals surface area contributed by atoms with Gasteiger partial charge in [-0.3, -0.25) is 0 Å². The smallest absolute Gasteiger partial charge is 0.147 e. The maximum absolute atomic E-state index is 13.8. The third-order valence-corrected chi connectivity index (χ3v) is 2.55. The summed E-state index contributed by atoms with van der Waals surface area (Å²) >= 11 is 0. The number of benzene rings is 1. The van der Waals surface area contributed by atoms with Crippen molar-refractivity contribution >= 4 is 11.9 Å². The molecule has 1 aromatic rings. The van der Waals surface area contributed by atoms with Gasteiger partial charge in [-0.1, -0.05) is 6.07 Å². The van der Waals surface area contributed by atoms with Crippen LogP contribution in [-0.2, 0) is 4.74 Å². The van der Waals surface area contributed by atoms with Crippen LogP contribution in [0.2, 0.25) is 0 Å². The maximum Gasteiger partial charge on any atom is 0.147 e. The summed E-state index contributed by atoms with van der Waals surface area (Å²) in [4.78, 5) is 1.97. The molecule has 4 nitrogen and oxygen atoms in total. The summed E-state index contributed by atoms with van der Waals surface area (Å²) in [6.07, 6.45) is 1.42. The Balaban J connectivity index is 2.21. The molecule has 5 heteroatoms. The standard InChI is InChI=1S/C11H14FN3O/c12-10-7-9(8-14-13)1-2-11(10)15-3-5-16-6-4-15/h1-2,7-8H,3-6,13H2/b14-8+. The second kappa shape index (κ2) is 4.94. The third-order valence-electron chi connectivity index (χ3n) is 2.55. The zero-order valence-corrected chi connectivity index (χ0v) is 8.90. The largest absolute Gasteiger partial charge is 0.378 e. The lowest BCUT2D eigenvalue weighted by Gasteiger charge is -2.29. The molecule has 0 saturated carbocycles. The molecule has 1 aromatic carbocycles. The van der Waals surface area contributed by atoms with Crippen LogP contribution in [0.3, 0.4) is 0 Å². The van der Waals surface area contributed by atoms with E-state index in [9.17, 15) is 4.39 Å². The minimum atomic E-state index is -0.251. The molecule has 2 N–H and O–H groups in total. The van der Waals surface area contributed by atoms with Crippen LogP contribution in [0.4, 0.5) is 10.1 Å². The number of morpholine rings is 1. The first-order valence-corrected chi connectivity index (χ1v) is 5.17. The number of anilines is 1. The summed E-state index contributed by atoms with van der Waals surface area (Å²) in [7, 11) is 0. The molecule has 0 spiro atoms. The molecule has 16 heavy (non-hydrogen) atoms. The molecule has 0 atom stereocenters. The maximum atomic E-state index is 13.8. The van der Waals surface area contributed by atoms with Gasteiger partial charge in [0.2, 0.25) is 0 Å². The van der Waals surface area contributed by atoms with Gasteiger partial charge >= 0.3 is 0 Å². The topological polar surface area (TPSA) is 50.8 Å². The molecule has 2 rings (SSSR count). The van der Waals surface area contributed by atoms with Crippen molar-refractivity contribution in [3.8, 4) is 0 Å². The van der Waals surface area contributed by atoms with Gasteiger partial charge in [-0.2, -0.15) is 5.10 Å². The zero-order valence-electron chi connectivity index (χ0n) is 8.90. The van der Waals surface area contributed by atoms with Crippen molar-refractivity contribution in [2.24, 2.45) is 10.9 Å². The second-order valence-electron chi connectivity index (χ2n) is 3.59. The molecule has 1 fully saturated rings. The highest BCUT2D eigenvalue weighted by molar-refractivity contribution is 5.80. The van der Waals surface area contributed by atoms with E-state index in [1.807, 2.05) is 4.90 Å². The lowest BCUT2D eigenvalue weighted by molar-refractivity contribution is 0.122. The molecule has 0 unspecified atom stereocenters. The summed E-state index contributed by atoms with van der Waals surface area (Å²) in [6, 6.07) is 4.98. The van der Waals surface area contributed by atoms with Crippen LogP contribution in [0.25, 0.3) is 0 Å². The van der Waals surface area contributed by atoms with Crippen molar-refractivity contribution in [2.45, 2.75) is 0 Å². The van der Waals surface area contributed by atoms with Gasteiger partial charge < -0.3 is 15.5 Å². The van der Waals surface area contributed by atoms with Gasteiger partial charge in [0.15, 0.2) is 0 Å². The summed E-state index contributed by atoms with van der Waals surface area (Å²) in [5, 5.41) is 3.36. The Kier molecular flexibility index (Phi) is 3.36. The van der Waals surface area contributed by atoms with Crippen molar-refractivity contribution in [3.63, 3.8) is 0 Å². The van der Waals surface area contributed by atoms with Crippen LogP contribution in [-0.4, -0.2) is 32.5 Å². The molecule has 0 aromatic heterocycles. The fraction of sp³-hybridized carbons (Fsp3) is 0.364. The number of hydrazone groups is 1. The molecule has 1 aliphatic rings. The number of rotatable bonds is 2. The Labute approximate surface area is 93.5 Å². The summed E-state index contributed by atoms with van der Waals surface area (Å²) in [5.74, 6) is 4.76. The number of halogens is 1. The lowest BCUT2D eigenvalue weighted by atomic mass is 10.2. The molecule has 0 aliphatic carbocycles. The Morgan fingerprint density at radius 1 is 1.38 bits per heavy atom. The molecule has 0 radical (unpaired) electrons. The van der Waals surface area contributed by atoms with Crippen LogP contribution in [0, 0.1) is 5.82 Å². The quantitative estimate of drug-likeness (QED) is 0.461. The monoisotopic (exact) mass is 223 g/mol. The van der Waals surface area contributed by atoms with E-state index in [1.165, 1.54) is 12.3 Å². The molecule has 1 saturated heterocycles. The predicted molar refractivity (Wildman–Crippen MR) is 61.2 cm³/mol. The number of hydrogen-bond acceptors (Lipinski definition) is 4. The van der Waals surface area contributed by atoms with E-state index in [0.717, 1.165) is 13.1 Å². The third kappa shape index (κ3) is 2.30. The number of ether oxygens (including phenoxy) is 1. The Bertz CT molecular complexity index is 389. The second-order valence-corrected chi connectivity index (χ2v) is 3.59. The molecule has 1 heterocycles. The molecule has 86 valence electrons. The van der Waals surface area contributed by atoms with Crippen molar-refractivity contribution < 1.29 is 9.13 Å². The van der Waals surface area contributed by atoms with Gasteiger partial charge in [-0.25, -0.2) is 4.39 Å². The fourth-order valence-electron chi connectivity index (χ4n) is 1.75. The van der Waals surface area contributed by atoms with Crippen LogP contribution < -0.4 is 10.7 Å². The van der Waals surface area contributed by atoms with Gasteiger partial charge in [0, 0.05) is 13.1 Å². The normalized spacial score (nSPS) is 16.9. The van der Waals surface area contributed by atoms with Crippen molar-refractivity contribution in [1.29, 1.82) is 0 Å². The lowest BCUT2D eigenvalue weighted by Crippen LogP contribution is -2.36. The predicted octanol–water partition coefficient (Wildman–Crippen LogP) is 0.955. The first-order valence-electron chi connectivity index (χ1n) is 5.17. The molecule has 0 amide bonds. The van der Waals surface area contributed by atoms with Crippen molar-refractivity contribution in [1.82, 2.24) is 0 Å². The average Bonchev–Trinajstić information content (AvgIpc) is 2.31. The van der Waals surface area contributed by atoms with Crippen molar-refractivity contribution in [2.75, 3.05) is 31.2 Å². The SMILES string of the molecule is N/N=C/c1ccc(N2CCOCC2)c(F)c1. The average molecular weight is 223 g/mol. The minimum Gasteiger partial charge on any atom is -0.378 e. The van der Waals surface area contributed by atoms with E-state index in [0.29, 0.717) is 24.5 Å². The van der Waals surface area contributed by atoms with E-state index < -0.39 is 0 Å². The van der Waals surface area contributed by atoms with Crippen LogP contribution in [0.15, 0.2) is 23.3 Å². The van der Waals surface area contributed by atoms with Gasteiger partial charge in [0.25, 0.3) is 0 Å². The fourth-order valence-corrected chi connectivity index (χ4v) is 1.75. The summed E-state index contributed by atoms with van der Waals surface area (Å²) in [6.45, 7) is 2.74. The zero-order chi connectivity index (χ0) is 11.4. The van der Waals surface area contributed by atoms with Crippen molar-refractivity contribution in [3.05, 3.63) is 29.6 Å². The molecule has 1 aliphatic heterocycles. The number of nitrogens with two attached hydrogens (primary N) is 1. The first-order chi connectivity index (χ1) is 7.81. The molecular weight excluding hydrogens is 209 g/mol. The van der Waals surface area contributed by atoms with Crippen LogP contribution in [0.1, 0.15) is 5.56 Å².